The first-order chi connectivity index (χ1) is 13.2. The van der Waals surface area contributed by atoms with Gasteiger partial charge in [0, 0.05) is 17.3 Å². The maximum Gasteiger partial charge on any atom is 0.259 e. The average Bonchev–Trinajstić information content (AvgIpc) is 2.71. The number of aromatic hydroxyl groups is 1. The predicted octanol–water partition coefficient (Wildman–Crippen LogP) is 5.62. The zero-order valence-electron chi connectivity index (χ0n) is 14.3. The number of nitrogens with one attached hydrogen (secondary N) is 1. The summed E-state index contributed by atoms with van der Waals surface area (Å²) >= 11 is 0. The molecule has 4 rings (SSSR count). The van der Waals surface area contributed by atoms with Crippen LogP contribution in [0.25, 0.3) is 10.9 Å². The van der Waals surface area contributed by atoms with E-state index in [0.29, 0.717) is 17.0 Å². The summed E-state index contributed by atoms with van der Waals surface area (Å²) in [5.74, 6) is 0.867. The maximum atomic E-state index is 12.5. The van der Waals surface area contributed by atoms with Crippen LogP contribution in [0.3, 0.4) is 0 Å². The van der Waals surface area contributed by atoms with E-state index >= 15 is 0 Å². The van der Waals surface area contributed by atoms with E-state index in [9.17, 15) is 9.90 Å². The minimum Gasteiger partial charge on any atom is -0.505 e. The second kappa shape index (κ2) is 8.22. The number of hydrogen-bond acceptors (Lipinski definition) is 4. The molecule has 0 fully saturated rings. The predicted molar refractivity (Wildman–Crippen MR) is 111 cm³/mol. The molecule has 0 atom stereocenters. The second-order valence-corrected chi connectivity index (χ2v) is 5.93. The van der Waals surface area contributed by atoms with Gasteiger partial charge in [-0.1, -0.05) is 37.8 Å². The fourth-order valence-electron chi connectivity index (χ4n) is 2.74. The zero-order chi connectivity index (χ0) is 18.6. The summed E-state index contributed by atoms with van der Waals surface area (Å²) in [5, 5.41) is 13.9. The van der Waals surface area contributed by atoms with Crippen LogP contribution in [0.15, 0.2) is 85.1 Å². The molecular weight excluding hydrogens is 352 g/mol. The van der Waals surface area contributed by atoms with Crippen LogP contribution in [0.2, 0.25) is 0 Å². The molecule has 0 aliphatic rings. The highest BCUT2D eigenvalue weighted by Crippen LogP contribution is 2.28. The van der Waals surface area contributed by atoms with Gasteiger partial charge in [0.15, 0.2) is 5.75 Å². The van der Waals surface area contributed by atoms with Crippen LogP contribution in [-0.2, 0) is 0 Å². The molecule has 1 amide bonds. The number of amides is 1. The number of carbonyl (C=O) groups is 1. The number of phenols is 1. The Morgan fingerprint density at radius 1 is 0.857 bits per heavy atom. The Balaban J connectivity index is 0.00000225. The fourth-order valence-corrected chi connectivity index (χ4v) is 2.74. The van der Waals surface area contributed by atoms with Crippen molar-refractivity contribution in [2.45, 2.75) is 7.43 Å². The molecule has 28 heavy (non-hydrogen) atoms. The third-order valence-corrected chi connectivity index (χ3v) is 4.08. The summed E-state index contributed by atoms with van der Waals surface area (Å²) in [6.45, 7) is 0. The number of rotatable bonds is 4. The number of anilines is 1. The van der Waals surface area contributed by atoms with Gasteiger partial charge in [-0.05, 0) is 48.5 Å². The Hall–Kier alpha value is -3.86. The van der Waals surface area contributed by atoms with Crippen molar-refractivity contribution in [1.82, 2.24) is 4.98 Å². The van der Waals surface area contributed by atoms with Gasteiger partial charge < -0.3 is 15.2 Å². The van der Waals surface area contributed by atoms with Crippen LogP contribution in [0, 0.1) is 0 Å². The van der Waals surface area contributed by atoms with Crippen molar-refractivity contribution in [2.75, 3.05) is 5.32 Å². The minimum absolute atomic E-state index is 0. The quantitative estimate of drug-likeness (QED) is 0.488. The number of hydrogen-bond donors (Lipinski definition) is 2. The largest absolute Gasteiger partial charge is 0.505 e. The van der Waals surface area contributed by atoms with Crippen LogP contribution >= 0.6 is 0 Å². The first kappa shape index (κ1) is 18.9. The van der Waals surface area contributed by atoms with E-state index in [-0.39, 0.29) is 18.7 Å². The standard InChI is InChI=1S/C22H16N2O3.CH4/c25-21-19(13-8-15-5-4-14-23-20(15)21)22(26)24-16-9-11-18(12-10-16)27-17-6-2-1-3-7-17;/h1-14,25H,(H,24,26);1H4. The Morgan fingerprint density at radius 3 is 2.32 bits per heavy atom. The Bertz CT molecular complexity index is 1090. The van der Waals surface area contributed by atoms with Gasteiger partial charge in [0.1, 0.15) is 17.0 Å². The van der Waals surface area contributed by atoms with Crippen LogP contribution in [-0.4, -0.2) is 16.0 Å². The van der Waals surface area contributed by atoms with Gasteiger partial charge in [0.05, 0.1) is 5.56 Å². The molecule has 1 heterocycles. The van der Waals surface area contributed by atoms with Crippen molar-refractivity contribution in [3.05, 3.63) is 90.6 Å². The molecule has 2 N–H and O–H groups in total. The molecule has 5 heteroatoms. The van der Waals surface area contributed by atoms with Crippen molar-refractivity contribution in [1.29, 1.82) is 0 Å². The van der Waals surface area contributed by atoms with Crippen molar-refractivity contribution in [3.63, 3.8) is 0 Å². The molecule has 140 valence electrons. The van der Waals surface area contributed by atoms with Crippen LogP contribution in [0.1, 0.15) is 17.8 Å². The van der Waals surface area contributed by atoms with Gasteiger partial charge in [-0.15, -0.1) is 0 Å². The molecule has 4 aromatic rings. The fraction of sp³-hybridized carbons (Fsp3) is 0.0435. The summed E-state index contributed by atoms with van der Waals surface area (Å²) in [6, 6.07) is 23.4. The second-order valence-electron chi connectivity index (χ2n) is 5.93. The van der Waals surface area contributed by atoms with Gasteiger partial charge in [0.2, 0.25) is 0 Å². The molecule has 0 radical (unpaired) electrons. The molecule has 0 unspecified atom stereocenters. The molecule has 0 bridgehead atoms. The van der Waals surface area contributed by atoms with E-state index in [0.717, 1.165) is 11.1 Å². The van der Waals surface area contributed by atoms with Crippen LogP contribution in [0.4, 0.5) is 5.69 Å². The van der Waals surface area contributed by atoms with Gasteiger partial charge in [0.25, 0.3) is 5.91 Å². The minimum atomic E-state index is -0.406. The molecular formula is C23H20N2O3. The number of ether oxygens (including phenoxy) is 1. The normalized spacial score (nSPS) is 10.1. The monoisotopic (exact) mass is 372 g/mol. The number of carbonyl (C=O) groups excluding carboxylic acids is 1. The summed E-state index contributed by atoms with van der Waals surface area (Å²) in [6.07, 6.45) is 1.58. The lowest BCUT2D eigenvalue weighted by Gasteiger charge is -2.10. The average molecular weight is 372 g/mol. The van der Waals surface area contributed by atoms with E-state index in [1.54, 1.807) is 48.7 Å². The van der Waals surface area contributed by atoms with Gasteiger partial charge in [-0.3, -0.25) is 9.78 Å². The first-order valence-electron chi connectivity index (χ1n) is 8.42. The van der Waals surface area contributed by atoms with E-state index < -0.39 is 5.91 Å². The SMILES string of the molecule is C.O=C(Nc1ccc(Oc2ccccc2)cc1)c1ccc2cccnc2c1O. The highest BCUT2D eigenvalue weighted by molar-refractivity contribution is 6.09. The van der Waals surface area contributed by atoms with Gasteiger partial charge in [-0.25, -0.2) is 0 Å². The lowest BCUT2D eigenvalue weighted by Crippen LogP contribution is -2.12. The molecule has 0 saturated carbocycles. The topological polar surface area (TPSA) is 71.5 Å². The molecule has 3 aromatic carbocycles. The Labute approximate surface area is 163 Å². The van der Waals surface area contributed by atoms with Crippen LogP contribution < -0.4 is 10.1 Å². The molecule has 0 aliphatic heterocycles. The summed E-state index contributed by atoms with van der Waals surface area (Å²) in [5.41, 5.74) is 1.17. The van der Waals surface area contributed by atoms with Crippen molar-refractivity contribution < 1.29 is 14.6 Å². The van der Waals surface area contributed by atoms with Gasteiger partial charge >= 0.3 is 0 Å². The smallest absolute Gasteiger partial charge is 0.259 e. The van der Waals surface area contributed by atoms with E-state index in [4.69, 9.17) is 4.74 Å². The zero-order valence-corrected chi connectivity index (χ0v) is 14.3. The number of phenolic OH excluding ortho intramolecular Hbond substituents is 1. The lowest BCUT2D eigenvalue weighted by atomic mass is 10.1. The van der Waals surface area contributed by atoms with Crippen molar-refractivity contribution in [2.24, 2.45) is 0 Å². The number of nitrogens with zero attached hydrogens (tertiary/aromatic N) is 1. The van der Waals surface area contributed by atoms with Crippen LogP contribution in [0.5, 0.6) is 17.2 Å². The highest BCUT2D eigenvalue weighted by Gasteiger charge is 2.14. The number of aromatic nitrogens is 1. The molecule has 0 saturated heterocycles. The summed E-state index contributed by atoms with van der Waals surface area (Å²) < 4.78 is 5.73. The van der Waals surface area contributed by atoms with E-state index in [2.05, 4.69) is 10.3 Å². The highest BCUT2D eigenvalue weighted by atomic mass is 16.5. The Kier molecular flexibility index (Phi) is 5.56. The number of para-hydroxylation sites is 1. The first-order valence-corrected chi connectivity index (χ1v) is 8.42. The van der Waals surface area contributed by atoms with Gasteiger partial charge in [-0.2, -0.15) is 0 Å². The molecule has 1 aromatic heterocycles. The third-order valence-electron chi connectivity index (χ3n) is 4.08. The third kappa shape index (κ3) is 3.94. The number of fused-ring (bicyclic) bond motifs is 1. The molecule has 5 nitrogen and oxygen atoms in total. The lowest BCUT2D eigenvalue weighted by molar-refractivity contribution is 0.102. The van der Waals surface area contributed by atoms with Crippen molar-refractivity contribution >= 4 is 22.5 Å². The van der Waals surface area contributed by atoms with Crippen molar-refractivity contribution in [3.8, 4) is 17.2 Å². The number of benzene rings is 3. The molecule has 0 spiro atoms. The summed E-state index contributed by atoms with van der Waals surface area (Å²) in [7, 11) is 0. The molecule has 0 aliphatic carbocycles. The van der Waals surface area contributed by atoms with E-state index in [1.165, 1.54) is 0 Å². The number of pyridine rings is 1. The van der Waals surface area contributed by atoms with E-state index in [1.807, 2.05) is 36.4 Å². The maximum absolute atomic E-state index is 12.5. The summed E-state index contributed by atoms with van der Waals surface area (Å²) in [4.78, 5) is 16.7. The Morgan fingerprint density at radius 2 is 1.57 bits per heavy atom.